The van der Waals surface area contributed by atoms with Crippen LogP contribution >= 0.6 is 11.3 Å². The van der Waals surface area contributed by atoms with Crippen LogP contribution in [-0.4, -0.2) is 10.9 Å². The van der Waals surface area contributed by atoms with Gasteiger partial charge in [0.1, 0.15) is 0 Å². The van der Waals surface area contributed by atoms with Gasteiger partial charge >= 0.3 is 0 Å². The highest BCUT2D eigenvalue weighted by molar-refractivity contribution is 7.10. The first-order valence-corrected chi connectivity index (χ1v) is 7.46. The zero-order valence-electron chi connectivity index (χ0n) is 11.5. The minimum Gasteiger partial charge on any atom is -0.347 e. The van der Waals surface area contributed by atoms with Crippen LogP contribution in [0.2, 0.25) is 0 Å². The van der Waals surface area contributed by atoms with Crippen LogP contribution in [0.1, 0.15) is 20.8 Å². The van der Waals surface area contributed by atoms with E-state index in [2.05, 4.69) is 10.3 Å². The van der Waals surface area contributed by atoms with Crippen molar-refractivity contribution in [1.29, 1.82) is 0 Å². The molecule has 0 aliphatic carbocycles. The summed E-state index contributed by atoms with van der Waals surface area (Å²) in [5, 5.41) is 5.63. The molecule has 0 atom stereocenters. The van der Waals surface area contributed by atoms with Crippen molar-refractivity contribution in [2.24, 2.45) is 0 Å². The summed E-state index contributed by atoms with van der Waals surface area (Å²) in [5.41, 5.74) is 1.97. The number of benzene rings is 1. The average Bonchev–Trinajstić information content (AvgIpc) is 2.89. The molecule has 0 fully saturated rings. The third-order valence-corrected chi connectivity index (χ3v) is 4.40. The molecule has 0 radical (unpaired) electrons. The van der Waals surface area contributed by atoms with E-state index in [0.717, 1.165) is 15.8 Å². The Bertz CT molecular complexity index is 864. The zero-order valence-corrected chi connectivity index (χ0v) is 12.3. The molecule has 0 saturated heterocycles. The molecule has 0 aliphatic rings. The van der Waals surface area contributed by atoms with Gasteiger partial charge in [0.25, 0.3) is 5.91 Å². The SMILES string of the molecule is Cc1ccsc1CNC(=O)c1cc(=O)[nH]c2ccccc12. The lowest BCUT2D eigenvalue weighted by atomic mass is 10.1. The number of H-pyrrole nitrogens is 1. The van der Waals surface area contributed by atoms with Gasteiger partial charge in [0, 0.05) is 21.8 Å². The number of para-hydroxylation sites is 1. The standard InChI is InChI=1S/C16H14N2O2S/c1-10-6-7-21-14(10)9-17-16(20)12-8-15(19)18-13-5-3-2-4-11(12)13/h2-8H,9H2,1H3,(H,17,20)(H,18,19). The van der Waals surface area contributed by atoms with Crippen molar-refractivity contribution in [2.45, 2.75) is 13.5 Å². The molecule has 0 bridgehead atoms. The fraction of sp³-hybridized carbons (Fsp3) is 0.125. The maximum absolute atomic E-state index is 12.4. The number of aryl methyl sites for hydroxylation is 1. The summed E-state index contributed by atoms with van der Waals surface area (Å²) in [6, 6.07) is 10.7. The number of nitrogens with one attached hydrogen (secondary N) is 2. The topological polar surface area (TPSA) is 62.0 Å². The zero-order chi connectivity index (χ0) is 14.8. The number of pyridine rings is 1. The summed E-state index contributed by atoms with van der Waals surface area (Å²) < 4.78 is 0. The molecule has 2 N–H and O–H groups in total. The molecule has 0 unspecified atom stereocenters. The third kappa shape index (κ3) is 2.73. The van der Waals surface area contributed by atoms with Crippen molar-refractivity contribution in [3.05, 3.63) is 68.1 Å². The van der Waals surface area contributed by atoms with E-state index in [1.54, 1.807) is 17.4 Å². The van der Waals surface area contributed by atoms with Crippen LogP contribution in [-0.2, 0) is 6.54 Å². The molecule has 2 heterocycles. The molecule has 1 amide bonds. The van der Waals surface area contributed by atoms with Crippen molar-refractivity contribution in [3.8, 4) is 0 Å². The molecule has 0 spiro atoms. The Hall–Kier alpha value is -2.40. The molecule has 21 heavy (non-hydrogen) atoms. The Morgan fingerprint density at radius 2 is 2.10 bits per heavy atom. The van der Waals surface area contributed by atoms with Gasteiger partial charge in [0.15, 0.2) is 0 Å². The fourth-order valence-corrected chi connectivity index (χ4v) is 3.08. The minimum atomic E-state index is -0.272. The highest BCUT2D eigenvalue weighted by atomic mass is 32.1. The molecule has 0 saturated carbocycles. The second kappa shape index (κ2) is 5.54. The summed E-state index contributed by atoms with van der Waals surface area (Å²) in [6.07, 6.45) is 0. The second-order valence-electron chi connectivity index (χ2n) is 4.80. The molecule has 5 heteroatoms. The number of aromatic amines is 1. The summed E-state index contributed by atoms with van der Waals surface area (Å²) in [7, 11) is 0. The van der Waals surface area contributed by atoms with E-state index in [1.165, 1.54) is 6.07 Å². The Labute approximate surface area is 125 Å². The maximum Gasteiger partial charge on any atom is 0.252 e. The number of aromatic nitrogens is 1. The number of hydrogen-bond acceptors (Lipinski definition) is 3. The molecule has 106 valence electrons. The van der Waals surface area contributed by atoms with Gasteiger partial charge in [-0.25, -0.2) is 0 Å². The molecule has 1 aromatic carbocycles. The van der Waals surface area contributed by atoms with Gasteiger partial charge in [-0.15, -0.1) is 11.3 Å². The number of fused-ring (bicyclic) bond motifs is 1. The first kappa shape index (κ1) is 13.6. The predicted octanol–water partition coefficient (Wildman–Crippen LogP) is 2.83. The Balaban J connectivity index is 1.91. The van der Waals surface area contributed by atoms with E-state index in [9.17, 15) is 9.59 Å². The van der Waals surface area contributed by atoms with E-state index < -0.39 is 0 Å². The van der Waals surface area contributed by atoms with Crippen LogP contribution in [0.3, 0.4) is 0 Å². The minimum absolute atomic E-state index is 0.231. The van der Waals surface area contributed by atoms with Crippen LogP contribution in [0.25, 0.3) is 10.9 Å². The maximum atomic E-state index is 12.4. The Morgan fingerprint density at radius 1 is 1.29 bits per heavy atom. The lowest BCUT2D eigenvalue weighted by molar-refractivity contribution is 0.0953. The molecule has 4 nitrogen and oxygen atoms in total. The normalized spacial score (nSPS) is 10.7. The van der Waals surface area contributed by atoms with Gasteiger partial charge in [0.05, 0.1) is 12.1 Å². The van der Waals surface area contributed by atoms with Gasteiger partial charge in [-0.05, 0) is 30.0 Å². The van der Waals surface area contributed by atoms with Crippen molar-refractivity contribution in [3.63, 3.8) is 0 Å². The fourth-order valence-electron chi connectivity index (χ4n) is 2.23. The summed E-state index contributed by atoms with van der Waals surface area (Å²) in [4.78, 5) is 27.9. The number of rotatable bonds is 3. The van der Waals surface area contributed by atoms with Crippen molar-refractivity contribution >= 4 is 28.1 Å². The average molecular weight is 298 g/mol. The molecule has 2 aromatic heterocycles. The number of carbonyl (C=O) groups is 1. The van der Waals surface area contributed by atoms with Crippen molar-refractivity contribution < 1.29 is 4.79 Å². The van der Waals surface area contributed by atoms with Gasteiger partial charge in [0.2, 0.25) is 5.56 Å². The van der Waals surface area contributed by atoms with E-state index in [4.69, 9.17) is 0 Å². The Kier molecular flexibility index (Phi) is 3.58. The van der Waals surface area contributed by atoms with E-state index >= 15 is 0 Å². The van der Waals surface area contributed by atoms with Crippen LogP contribution in [0.15, 0.2) is 46.6 Å². The third-order valence-electron chi connectivity index (χ3n) is 3.37. The van der Waals surface area contributed by atoms with Crippen LogP contribution in [0.5, 0.6) is 0 Å². The van der Waals surface area contributed by atoms with Gasteiger partial charge in [-0.1, -0.05) is 18.2 Å². The number of amides is 1. The first-order chi connectivity index (χ1) is 10.1. The van der Waals surface area contributed by atoms with Crippen molar-refractivity contribution in [2.75, 3.05) is 0 Å². The Morgan fingerprint density at radius 3 is 2.86 bits per heavy atom. The monoisotopic (exact) mass is 298 g/mol. The number of hydrogen-bond donors (Lipinski definition) is 2. The van der Waals surface area contributed by atoms with Gasteiger partial charge in [-0.3, -0.25) is 9.59 Å². The van der Waals surface area contributed by atoms with Crippen LogP contribution in [0.4, 0.5) is 0 Å². The van der Waals surface area contributed by atoms with E-state index in [1.807, 2.05) is 36.6 Å². The highest BCUT2D eigenvalue weighted by Crippen LogP contribution is 2.17. The quantitative estimate of drug-likeness (QED) is 0.781. The van der Waals surface area contributed by atoms with Gasteiger partial charge < -0.3 is 10.3 Å². The van der Waals surface area contributed by atoms with E-state index in [0.29, 0.717) is 17.6 Å². The molecular weight excluding hydrogens is 284 g/mol. The van der Waals surface area contributed by atoms with Crippen LogP contribution < -0.4 is 10.9 Å². The predicted molar refractivity (Wildman–Crippen MR) is 84.8 cm³/mol. The smallest absolute Gasteiger partial charge is 0.252 e. The molecule has 0 aliphatic heterocycles. The van der Waals surface area contributed by atoms with Crippen LogP contribution in [0, 0.1) is 6.92 Å². The van der Waals surface area contributed by atoms with Crippen molar-refractivity contribution in [1.82, 2.24) is 10.3 Å². The molecular formula is C16H14N2O2S. The summed E-state index contributed by atoms with van der Waals surface area (Å²) >= 11 is 1.61. The van der Waals surface area contributed by atoms with Gasteiger partial charge in [-0.2, -0.15) is 0 Å². The molecule has 3 aromatic rings. The summed E-state index contributed by atoms with van der Waals surface area (Å²) in [5.74, 6) is -0.231. The lowest BCUT2D eigenvalue weighted by Crippen LogP contribution is -2.24. The summed E-state index contributed by atoms with van der Waals surface area (Å²) in [6.45, 7) is 2.49. The number of carbonyl (C=O) groups excluding carboxylic acids is 1. The lowest BCUT2D eigenvalue weighted by Gasteiger charge is -2.07. The highest BCUT2D eigenvalue weighted by Gasteiger charge is 2.12. The van der Waals surface area contributed by atoms with E-state index in [-0.39, 0.29) is 11.5 Å². The molecule has 3 rings (SSSR count). The first-order valence-electron chi connectivity index (χ1n) is 6.58. The number of thiophene rings is 1. The second-order valence-corrected chi connectivity index (χ2v) is 5.80. The largest absolute Gasteiger partial charge is 0.347 e.